The van der Waals surface area contributed by atoms with Crippen LogP contribution in [0, 0.1) is 0 Å². The minimum atomic E-state index is -0.653. The van der Waals surface area contributed by atoms with E-state index in [2.05, 4.69) is 11.8 Å². The molecule has 98 valence electrons. The zero-order valence-corrected chi connectivity index (χ0v) is 10.7. The summed E-state index contributed by atoms with van der Waals surface area (Å²) in [6.45, 7) is 4.27. The first-order chi connectivity index (χ1) is 8.20. The van der Waals surface area contributed by atoms with Gasteiger partial charge < -0.3 is 9.84 Å². The number of ether oxygens (including phenoxy) is 1. The van der Waals surface area contributed by atoms with Gasteiger partial charge in [0, 0.05) is 19.3 Å². The SMILES string of the molecule is CCC1CCCCN1C1(C(=O)O)CCOCC1. The predicted molar refractivity (Wildman–Crippen MR) is 65.1 cm³/mol. The number of rotatable bonds is 3. The number of carboxylic acid groups (broad SMARTS) is 1. The Kier molecular flexibility index (Phi) is 4.05. The lowest BCUT2D eigenvalue weighted by atomic mass is 9.83. The van der Waals surface area contributed by atoms with Crippen LogP contribution in [-0.4, -0.2) is 47.3 Å². The minimum absolute atomic E-state index is 0.443. The van der Waals surface area contributed by atoms with Crippen molar-refractivity contribution in [1.82, 2.24) is 4.90 Å². The van der Waals surface area contributed by atoms with Gasteiger partial charge in [0.05, 0.1) is 0 Å². The van der Waals surface area contributed by atoms with Crippen LogP contribution in [0.5, 0.6) is 0 Å². The molecule has 1 atom stereocenters. The molecule has 2 heterocycles. The van der Waals surface area contributed by atoms with Crippen LogP contribution in [-0.2, 0) is 9.53 Å². The van der Waals surface area contributed by atoms with Crippen molar-refractivity contribution < 1.29 is 14.6 Å². The highest BCUT2D eigenvalue weighted by Gasteiger charge is 2.48. The van der Waals surface area contributed by atoms with Crippen molar-refractivity contribution in [2.45, 2.75) is 57.0 Å². The van der Waals surface area contributed by atoms with E-state index in [-0.39, 0.29) is 0 Å². The normalized spacial score (nSPS) is 30.1. The Morgan fingerprint density at radius 2 is 2.12 bits per heavy atom. The zero-order valence-electron chi connectivity index (χ0n) is 10.7. The molecular formula is C13H23NO3. The molecule has 2 fully saturated rings. The van der Waals surface area contributed by atoms with E-state index in [4.69, 9.17) is 4.74 Å². The van der Waals surface area contributed by atoms with Crippen LogP contribution in [0.25, 0.3) is 0 Å². The standard InChI is InChI=1S/C13H23NO3/c1-2-11-5-3-4-8-14(11)13(12(15)16)6-9-17-10-7-13/h11H,2-10H2,1H3,(H,15,16). The van der Waals surface area contributed by atoms with E-state index < -0.39 is 11.5 Å². The van der Waals surface area contributed by atoms with E-state index in [1.54, 1.807) is 0 Å². The molecule has 0 spiro atoms. The second-order valence-corrected chi connectivity index (χ2v) is 5.20. The van der Waals surface area contributed by atoms with Gasteiger partial charge in [-0.3, -0.25) is 9.69 Å². The van der Waals surface area contributed by atoms with Crippen LogP contribution in [0.3, 0.4) is 0 Å². The van der Waals surface area contributed by atoms with Gasteiger partial charge in [0.15, 0.2) is 0 Å². The number of carboxylic acids is 1. The maximum absolute atomic E-state index is 11.7. The number of likely N-dealkylation sites (tertiary alicyclic amines) is 1. The fourth-order valence-corrected chi connectivity index (χ4v) is 3.32. The molecule has 0 aromatic rings. The van der Waals surface area contributed by atoms with Crippen LogP contribution < -0.4 is 0 Å². The molecule has 4 nitrogen and oxygen atoms in total. The van der Waals surface area contributed by atoms with Crippen LogP contribution in [0.1, 0.15) is 45.4 Å². The van der Waals surface area contributed by atoms with Gasteiger partial charge in [0.2, 0.25) is 0 Å². The molecule has 0 aromatic carbocycles. The largest absolute Gasteiger partial charge is 0.480 e. The molecule has 1 unspecified atom stereocenters. The van der Waals surface area contributed by atoms with E-state index in [0.717, 1.165) is 25.8 Å². The Hall–Kier alpha value is -0.610. The van der Waals surface area contributed by atoms with Gasteiger partial charge in [-0.25, -0.2) is 0 Å². The Morgan fingerprint density at radius 3 is 2.71 bits per heavy atom. The number of aliphatic carboxylic acids is 1. The van der Waals surface area contributed by atoms with E-state index in [0.29, 0.717) is 32.1 Å². The van der Waals surface area contributed by atoms with E-state index >= 15 is 0 Å². The van der Waals surface area contributed by atoms with Crippen LogP contribution in [0.4, 0.5) is 0 Å². The first-order valence-corrected chi connectivity index (χ1v) is 6.78. The number of piperidine rings is 1. The van der Waals surface area contributed by atoms with Gasteiger partial charge in [0.1, 0.15) is 5.54 Å². The molecule has 0 radical (unpaired) electrons. The summed E-state index contributed by atoms with van der Waals surface area (Å²) < 4.78 is 5.34. The Labute approximate surface area is 103 Å². The maximum atomic E-state index is 11.7. The summed E-state index contributed by atoms with van der Waals surface area (Å²) in [5, 5.41) is 9.66. The van der Waals surface area contributed by atoms with Gasteiger partial charge in [0.25, 0.3) is 0 Å². The zero-order chi connectivity index (χ0) is 12.3. The highest BCUT2D eigenvalue weighted by Crippen LogP contribution is 2.35. The minimum Gasteiger partial charge on any atom is -0.480 e. The first kappa shape index (κ1) is 12.8. The van der Waals surface area contributed by atoms with Crippen molar-refractivity contribution in [3.05, 3.63) is 0 Å². The average molecular weight is 241 g/mol. The van der Waals surface area contributed by atoms with Crippen LogP contribution >= 0.6 is 0 Å². The van der Waals surface area contributed by atoms with Crippen molar-refractivity contribution in [2.75, 3.05) is 19.8 Å². The summed E-state index contributed by atoms with van der Waals surface area (Å²) in [7, 11) is 0. The maximum Gasteiger partial charge on any atom is 0.324 e. The van der Waals surface area contributed by atoms with E-state index in [1.807, 2.05) is 0 Å². The van der Waals surface area contributed by atoms with Gasteiger partial charge in [-0.2, -0.15) is 0 Å². The summed E-state index contributed by atoms with van der Waals surface area (Å²) in [6, 6.07) is 0.443. The van der Waals surface area contributed by atoms with Crippen molar-refractivity contribution in [1.29, 1.82) is 0 Å². The van der Waals surface area contributed by atoms with Crippen molar-refractivity contribution in [2.24, 2.45) is 0 Å². The Bertz CT molecular complexity index is 274. The molecule has 0 aromatic heterocycles. The topological polar surface area (TPSA) is 49.8 Å². The average Bonchev–Trinajstić information content (AvgIpc) is 2.39. The third-order valence-corrected chi connectivity index (χ3v) is 4.37. The molecule has 0 amide bonds. The van der Waals surface area contributed by atoms with E-state index in [9.17, 15) is 9.90 Å². The van der Waals surface area contributed by atoms with Gasteiger partial charge in [-0.05, 0) is 38.6 Å². The van der Waals surface area contributed by atoms with E-state index in [1.165, 1.54) is 6.42 Å². The van der Waals surface area contributed by atoms with Gasteiger partial charge >= 0.3 is 5.97 Å². The Balaban J connectivity index is 2.21. The lowest BCUT2D eigenvalue weighted by Crippen LogP contribution is -2.62. The second kappa shape index (κ2) is 5.36. The summed E-state index contributed by atoms with van der Waals surface area (Å²) in [5.74, 6) is -0.652. The summed E-state index contributed by atoms with van der Waals surface area (Å²) >= 11 is 0. The van der Waals surface area contributed by atoms with Crippen LogP contribution in [0.15, 0.2) is 0 Å². The molecule has 17 heavy (non-hydrogen) atoms. The number of hydrogen-bond donors (Lipinski definition) is 1. The number of carbonyl (C=O) groups is 1. The van der Waals surface area contributed by atoms with Crippen molar-refractivity contribution in [3.63, 3.8) is 0 Å². The highest BCUT2D eigenvalue weighted by atomic mass is 16.5. The highest BCUT2D eigenvalue weighted by molar-refractivity contribution is 5.79. The van der Waals surface area contributed by atoms with Crippen molar-refractivity contribution in [3.8, 4) is 0 Å². The smallest absolute Gasteiger partial charge is 0.324 e. The summed E-state index contributed by atoms with van der Waals surface area (Å²) in [5.41, 5.74) is -0.653. The van der Waals surface area contributed by atoms with Crippen molar-refractivity contribution >= 4 is 5.97 Å². The molecule has 0 saturated carbocycles. The van der Waals surface area contributed by atoms with Gasteiger partial charge in [-0.1, -0.05) is 13.3 Å². The molecule has 0 aliphatic carbocycles. The second-order valence-electron chi connectivity index (χ2n) is 5.20. The molecule has 2 rings (SSSR count). The van der Waals surface area contributed by atoms with Crippen LogP contribution in [0.2, 0.25) is 0 Å². The fraction of sp³-hybridized carbons (Fsp3) is 0.923. The number of nitrogens with zero attached hydrogens (tertiary/aromatic N) is 1. The first-order valence-electron chi connectivity index (χ1n) is 6.78. The summed E-state index contributed by atoms with van der Waals surface area (Å²) in [6.07, 6.45) is 5.84. The molecule has 2 aliphatic rings. The third kappa shape index (κ3) is 2.33. The monoisotopic (exact) mass is 241 g/mol. The Morgan fingerprint density at radius 1 is 1.41 bits per heavy atom. The molecule has 4 heteroatoms. The molecule has 0 bridgehead atoms. The lowest BCUT2D eigenvalue weighted by Gasteiger charge is -2.48. The predicted octanol–water partition coefficient (Wildman–Crippen LogP) is 1.88. The molecule has 2 saturated heterocycles. The van der Waals surface area contributed by atoms with Gasteiger partial charge in [-0.15, -0.1) is 0 Å². The fourth-order valence-electron chi connectivity index (χ4n) is 3.32. The lowest BCUT2D eigenvalue weighted by molar-refractivity contribution is -0.163. The molecule has 1 N–H and O–H groups in total. The number of hydrogen-bond acceptors (Lipinski definition) is 3. The quantitative estimate of drug-likeness (QED) is 0.819. The molecule has 2 aliphatic heterocycles. The molecular weight excluding hydrogens is 218 g/mol. The third-order valence-electron chi connectivity index (χ3n) is 4.37. The summed E-state index contributed by atoms with van der Waals surface area (Å²) in [4.78, 5) is 14.0.